The van der Waals surface area contributed by atoms with Crippen LogP contribution in [0.2, 0.25) is 0 Å². The highest BCUT2D eigenvalue weighted by Crippen LogP contribution is 2.05. The molecule has 1 aliphatic heterocycles. The van der Waals surface area contributed by atoms with Crippen molar-refractivity contribution in [3.05, 3.63) is 0 Å². The van der Waals surface area contributed by atoms with Gasteiger partial charge in [-0.05, 0) is 14.1 Å². The summed E-state index contributed by atoms with van der Waals surface area (Å²) in [6, 6.07) is 0.0599. The first-order valence-corrected chi connectivity index (χ1v) is 6.99. The summed E-state index contributed by atoms with van der Waals surface area (Å²) in [5.74, 6) is -0.771. The first-order valence-electron chi connectivity index (χ1n) is 6.99. The molecule has 0 bridgehead atoms. The Hall–Kier alpha value is -1.34. The molecular formula is C13H26N4O3. The summed E-state index contributed by atoms with van der Waals surface area (Å²) in [4.78, 5) is 30.5. The van der Waals surface area contributed by atoms with E-state index in [0.717, 1.165) is 19.6 Å². The van der Waals surface area contributed by atoms with Crippen molar-refractivity contribution in [2.24, 2.45) is 0 Å². The van der Waals surface area contributed by atoms with Crippen LogP contribution in [0, 0.1) is 0 Å². The van der Waals surface area contributed by atoms with Crippen LogP contribution in [0.4, 0.5) is 4.79 Å². The Morgan fingerprint density at radius 3 is 2.15 bits per heavy atom. The van der Waals surface area contributed by atoms with Crippen LogP contribution >= 0.6 is 0 Å². The predicted molar refractivity (Wildman–Crippen MR) is 76.8 cm³/mol. The molecule has 20 heavy (non-hydrogen) atoms. The molecule has 0 radical (unpaired) electrons. The van der Waals surface area contributed by atoms with E-state index in [4.69, 9.17) is 5.11 Å². The van der Waals surface area contributed by atoms with E-state index in [2.05, 4.69) is 4.90 Å². The van der Waals surface area contributed by atoms with Gasteiger partial charge in [0.25, 0.3) is 0 Å². The second-order valence-corrected chi connectivity index (χ2v) is 5.48. The summed E-state index contributed by atoms with van der Waals surface area (Å²) >= 11 is 0. The second-order valence-electron chi connectivity index (χ2n) is 5.48. The average molecular weight is 286 g/mol. The van der Waals surface area contributed by atoms with Crippen molar-refractivity contribution < 1.29 is 14.7 Å². The van der Waals surface area contributed by atoms with Crippen molar-refractivity contribution in [3.8, 4) is 0 Å². The Morgan fingerprint density at radius 1 is 1.05 bits per heavy atom. The molecule has 1 heterocycles. The Bertz CT molecular complexity index is 328. The second kappa shape index (κ2) is 8.06. The number of aliphatic carboxylic acids is 1. The molecule has 0 aliphatic carbocycles. The van der Waals surface area contributed by atoms with E-state index >= 15 is 0 Å². The molecule has 7 nitrogen and oxygen atoms in total. The lowest BCUT2D eigenvalue weighted by atomic mass is 10.3. The number of urea groups is 1. The molecule has 0 atom stereocenters. The van der Waals surface area contributed by atoms with Crippen molar-refractivity contribution in [1.29, 1.82) is 0 Å². The molecule has 1 aliphatic rings. The number of carboxylic acids is 1. The zero-order valence-corrected chi connectivity index (χ0v) is 12.7. The van der Waals surface area contributed by atoms with E-state index < -0.39 is 5.97 Å². The molecule has 1 saturated heterocycles. The van der Waals surface area contributed by atoms with E-state index in [1.165, 1.54) is 0 Å². The van der Waals surface area contributed by atoms with Crippen LogP contribution in [0.3, 0.4) is 0 Å². The van der Waals surface area contributed by atoms with Crippen molar-refractivity contribution in [2.45, 2.75) is 6.42 Å². The van der Waals surface area contributed by atoms with Crippen molar-refractivity contribution in [1.82, 2.24) is 19.6 Å². The minimum absolute atomic E-state index is 0.0599. The molecule has 0 saturated carbocycles. The fourth-order valence-corrected chi connectivity index (χ4v) is 2.10. The summed E-state index contributed by atoms with van der Waals surface area (Å²) in [7, 11) is 5.79. The van der Waals surface area contributed by atoms with Gasteiger partial charge in [0.1, 0.15) is 0 Å². The lowest BCUT2D eigenvalue weighted by molar-refractivity contribution is -0.137. The number of rotatable bonds is 6. The minimum Gasteiger partial charge on any atom is -0.481 e. The molecule has 0 aromatic heterocycles. The Balaban J connectivity index is 2.29. The third kappa shape index (κ3) is 5.75. The Morgan fingerprint density at radius 2 is 1.65 bits per heavy atom. The first kappa shape index (κ1) is 16.7. The van der Waals surface area contributed by atoms with Gasteiger partial charge < -0.3 is 19.8 Å². The summed E-state index contributed by atoms with van der Waals surface area (Å²) in [6.07, 6.45) is 0.163. The molecular weight excluding hydrogens is 260 g/mol. The van der Waals surface area contributed by atoms with Gasteiger partial charge in [-0.1, -0.05) is 0 Å². The van der Waals surface area contributed by atoms with Crippen LogP contribution in [0.1, 0.15) is 6.42 Å². The SMILES string of the molecule is CN(C)CCN(C)C(=O)N1CCN(CCC(=O)O)CC1. The Kier molecular flexibility index (Phi) is 6.74. The minimum atomic E-state index is -0.771. The van der Waals surface area contributed by atoms with Crippen LogP contribution in [-0.2, 0) is 4.79 Å². The zero-order chi connectivity index (χ0) is 15.1. The lowest BCUT2D eigenvalue weighted by Gasteiger charge is -2.36. The number of piperazine rings is 1. The van der Waals surface area contributed by atoms with Crippen LogP contribution in [0.25, 0.3) is 0 Å². The number of carbonyl (C=O) groups is 2. The molecule has 1 fully saturated rings. The number of nitrogens with zero attached hydrogens (tertiary/aromatic N) is 4. The summed E-state index contributed by atoms with van der Waals surface area (Å²) in [6.45, 7) is 4.97. The monoisotopic (exact) mass is 286 g/mol. The summed E-state index contributed by atoms with van der Waals surface area (Å²) < 4.78 is 0. The van der Waals surface area contributed by atoms with Crippen molar-refractivity contribution >= 4 is 12.0 Å². The first-order chi connectivity index (χ1) is 9.40. The lowest BCUT2D eigenvalue weighted by Crippen LogP contribution is -2.52. The fraction of sp³-hybridized carbons (Fsp3) is 0.846. The molecule has 1 N–H and O–H groups in total. The van der Waals surface area contributed by atoms with Gasteiger partial charge >= 0.3 is 12.0 Å². The average Bonchev–Trinajstić information content (AvgIpc) is 2.42. The van der Waals surface area contributed by atoms with Crippen molar-refractivity contribution in [3.63, 3.8) is 0 Å². The quantitative estimate of drug-likeness (QED) is 0.725. The maximum absolute atomic E-state index is 12.2. The normalized spacial score (nSPS) is 16.5. The maximum atomic E-state index is 12.2. The largest absolute Gasteiger partial charge is 0.481 e. The van der Waals surface area contributed by atoms with Crippen molar-refractivity contribution in [2.75, 3.05) is 67.0 Å². The van der Waals surface area contributed by atoms with Gasteiger partial charge in [-0.2, -0.15) is 0 Å². The van der Waals surface area contributed by atoms with Gasteiger partial charge in [0.05, 0.1) is 6.42 Å². The van der Waals surface area contributed by atoms with E-state index in [-0.39, 0.29) is 12.5 Å². The van der Waals surface area contributed by atoms with Gasteiger partial charge in [-0.15, -0.1) is 0 Å². The van der Waals surface area contributed by atoms with Gasteiger partial charge in [0, 0.05) is 52.9 Å². The van der Waals surface area contributed by atoms with E-state index in [1.54, 1.807) is 4.90 Å². The Labute approximate surface area is 120 Å². The van der Waals surface area contributed by atoms with E-state index in [1.807, 2.05) is 30.9 Å². The van der Waals surface area contributed by atoms with Gasteiger partial charge in [-0.25, -0.2) is 4.79 Å². The third-order valence-electron chi connectivity index (χ3n) is 3.49. The van der Waals surface area contributed by atoms with Crippen LogP contribution in [-0.4, -0.2) is 104 Å². The molecule has 0 spiro atoms. The summed E-state index contributed by atoms with van der Waals surface area (Å²) in [5, 5.41) is 8.66. The number of carboxylic acid groups (broad SMARTS) is 1. The van der Waals surface area contributed by atoms with Crippen LogP contribution < -0.4 is 0 Å². The molecule has 0 aromatic rings. The molecule has 7 heteroatoms. The number of hydrogen-bond acceptors (Lipinski definition) is 4. The molecule has 2 amide bonds. The predicted octanol–water partition coefficient (Wildman–Crippen LogP) is -0.308. The topological polar surface area (TPSA) is 67.3 Å². The van der Waals surface area contributed by atoms with Gasteiger partial charge in [-0.3, -0.25) is 9.69 Å². The summed E-state index contributed by atoms with van der Waals surface area (Å²) in [5.41, 5.74) is 0. The smallest absolute Gasteiger partial charge is 0.319 e. The number of carbonyl (C=O) groups excluding carboxylic acids is 1. The number of amides is 2. The number of likely N-dealkylation sites (N-methyl/N-ethyl adjacent to an activating group) is 2. The molecule has 0 aromatic carbocycles. The maximum Gasteiger partial charge on any atom is 0.319 e. The van der Waals surface area contributed by atoms with Gasteiger partial charge in [0.15, 0.2) is 0 Å². The van der Waals surface area contributed by atoms with E-state index in [0.29, 0.717) is 26.2 Å². The van der Waals surface area contributed by atoms with Crippen LogP contribution in [0.5, 0.6) is 0 Å². The molecule has 1 rings (SSSR count). The molecule has 0 unspecified atom stereocenters. The highest BCUT2D eigenvalue weighted by Gasteiger charge is 2.23. The number of hydrogen-bond donors (Lipinski definition) is 1. The zero-order valence-electron chi connectivity index (χ0n) is 12.7. The molecule has 116 valence electrons. The van der Waals surface area contributed by atoms with Gasteiger partial charge in [0.2, 0.25) is 0 Å². The van der Waals surface area contributed by atoms with Crippen LogP contribution in [0.15, 0.2) is 0 Å². The third-order valence-corrected chi connectivity index (χ3v) is 3.49. The fourth-order valence-electron chi connectivity index (χ4n) is 2.10. The highest BCUT2D eigenvalue weighted by atomic mass is 16.4. The highest BCUT2D eigenvalue weighted by molar-refractivity contribution is 5.74. The van der Waals surface area contributed by atoms with E-state index in [9.17, 15) is 9.59 Å². The standard InChI is InChI=1S/C13H26N4O3/c1-14(2)6-7-15(3)13(20)17-10-8-16(9-11-17)5-4-12(18)19/h4-11H2,1-3H3,(H,18,19).